The molecule has 0 radical (unpaired) electrons. The number of hydrogen-bond donors (Lipinski definition) is 1. The Hall–Kier alpha value is -0.990. The van der Waals surface area contributed by atoms with E-state index in [4.69, 9.17) is 0 Å². The molecule has 18 heavy (non-hydrogen) atoms. The molecule has 1 fully saturated rings. The second-order valence-corrected chi connectivity index (χ2v) is 5.24. The predicted molar refractivity (Wildman–Crippen MR) is 78.6 cm³/mol. The van der Waals surface area contributed by atoms with Crippen molar-refractivity contribution in [3.8, 4) is 5.75 Å². The van der Waals surface area contributed by atoms with E-state index in [0.717, 1.165) is 19.6 Å². The van der Waals surface area contributed by atoms with Crippen LogP contribution in [-0.4, -0.2) is 29.6 Å². The fourth-order valence-electron chi connectivity index (χ4n) is 2.80. The number of nitrogens with zero attached hydrogens (tertiary/aromatic N) is 1. The van der Waals surface area contributed by atoms with Gasteiger partial charge in [0.25, 0.3) is 0 Å². The third-order valence-electron chi connectivity index (χ3n) is 3.71. The number of halogens is 1. The van der Waals surface area contributed by atoms with Gasteiger partial charge in [-0.05, 0) is 37.1 Å². The van der Waals surface area contributed by atoms with E-state index in [9.17, 15) is 5.11 Å². The molecular formula is C15H22ClNO. The Balaban J connectivity index is 0.00000162. The summed E-state index contributed by atoms with van der Waals surface area (Å²) in [4.78, 5) is 2.43. The van der Waals surface area contributed by atoms with E-state index in [2.05, 4.69) is 24.5 Å². The lowest BCUT2D eigenvalue weighted by Crippen LogP contribution is -2.44. The van der Waals surface area contributed by atoms with E-state index in [1.165, 1.54) is 18.4 Å². The molecule has 2 rings (SSSR count). The highest BCUT2D eigenvalue weighted by Gasteiger charge is 2.32. The quantitative estimate of drug-likeness (QED) is 0.849. The van der Waals surface area contributed by atoms with Crippen molar-refractivity contribution in [3.05, 3.63) is 42.5 Å². The highest BCUT2D eigenvalue weighted by molar-refractivity contribution is 5.85. The van der Waals surface area contributed by atoms with Gasteiger partial charge in [0, 0.05) is 18.5 Å². The van der Waals surface area contributed by atoms with E-state index in [0.29, 0.717) is 5.75 Å². The van der Waals surface area contributed by atoms with Crippen LogP contribution in [0.15, 0.2) is 36.9 Å². The van der Waals surface area contributed by atoms with Gasteiger partial charge in [0.1, 0.15) is 5.75 Å². The van der Waals surface area contributed by atoms with E-state index in [-0.39, 0.29) is 17.8 Å². The fourth-order valence-corrected chi connectivity index (χ4v) is 2.80. The standard InChI is InChI=1S/C15H21NO.ClH/c1-3-9-16-10-5-8-15(2,12-16)13-6-4-7-14(17)11-13;/h3-4,6-7,11,17H,1,5,8-10,12H2,2H3;1H. The molecule has 0 amide bonds. The average molecular weight is 268 g/mol. The number of hydrogen-bond acceptors (Lipinski definition) is 2. The fraction of sp³-hybridized carbons (Fsp3) is 0.467. The topological polar surface area (TPSA) is 23.5 Å². The maximum atomic E-state index is 9.60. The molecule has 0 bridgehead atoms. The summed E-state index contributed by atoms with van der Waals surface area (Å²) in [5, 5.41) is 9.60. The molecule has 0 saturated carbocycles. The van der Waals surface area contributed by atoms with Crippen molar-refractivity contribution < 1.29 is 5.11 Å². The Bertz CT molecular complexity index is 407. The van der Waals surface area contributed by atoms with Gasteiger partial charge in [-0.2, -0.15) is 0 Å². The summed E-state index contributed by atoms with van der Waals surface area (Å²) in [6.07, 6.45) is 4.36. The summed E-state index contributed by atoms with van der Waals surface area (Å²) in [5.41, 5.74) is 1.39. The molecule has 1 saturated heterocycles. The van der Waals surface area contributed by atoms with Crippen LogP contribution in [0.2, 0.25) is 0 Å². The van der Waals surface area contributed by atoms with E-state index in [1.54, 1.807) is 6.07 Å². The van der Waals surface area contributed by atoms with Gasteiger partial charge in [0.15, 0.2) is 0 Å². The molecule has 1 aliphatic rings. The first-order chi connectivity index (χ1) is 8.14. The first-order valence-electron chi connectivity index (χ1n) is 6.27. The van der Waals surface area contributed by atoms with Gasteiger partial charge in [0.05, 0.1) is 0 Å². The molecule has 1 aromatic carbocycles. The van der Waals surface area contributed by atoms with Gasteiger partial charge in [-0.25, -0.2) is 0 Å². The molecule has 1 atom stereocenters. The highest BCUT2D eigenvalue weighted by atomic mass is 35.5. The molecule has 1 N–H and O–H groups in total. The summed E-state index contributed by atoms with van der Waals surface area (Å²) < 4.78 is 0. The van der Waals surface area contributed by atoms with Gasteiger partial charge in [-0.3, -0.25) is 4.90 Å². The number of phenolic OH excluding ortho intramolecular Hbond substituents is 1. The van der Waals surface area contributed by atoms with Crippen LogP contribution in [0, 0.1) is 0 Å². The van der Waals surface area contributed by atoms with Gasteiger partial charge in [0.2, 0.25) is 0 Å². The van der Waals surface area contributed by atoms with Crippen LogP contribution in [0.5, 0.6) is 5.75 Å². The molecule has 0 spiro atoms. The molecular weight excluding hydrogens is 246 g/mol. The van der Waals surface area contributed by atoms with Crippen LogP contribution in [-0.2, 0) is 5.41 Å². The Morgan fingerprint density at radius 3 is 2.94 bits per heavy atom. The van der Waals surface area contributed by atoms with Gasteiger partial charge >= 0.3 is 0 Å². The minimum atomic E-state index is 0. The number of phenols is 1. The van der Waals surface area contributed by atoms with Crippen molar-refractivity contribution >= 4 is 12.4 Å². The first kappa shape index (κ1) is 15.1. The molecule has 2 nitrogen and oxygen atoms in total. The third kappa shape index (κ3) is 3.27. The van der Waals surface area contributed by atoms with Crippen LogP contribution in [0.1, 0.15) is 25.3 Å². The second kappa shape index (κ2) is 6.26. The lowest BCUT2D eigenvalue weighted by atomic mass is 9.76. The Morgan fingerprint density at radius 2 is 2.28 bits per heavy atom. The summed E-state index contributed by atoms with van der Waals surface area (Å²) in [6, 6.07) is 7.69. The molecule has 3 heteroatoms. The summed E-state index contributed by atoms with van der Waals surface area (Å²) in [5.74, 6) is 0.365. The largest absolute Gasteiger partial charge is 0.508 e. The monoisotopic (exact) mass is 267 g/mol. The van der Waals surface area contributed by atoms with Crippen molar-refractivity contribution in [1.29, 1.82) is 0 Å². The smallest absolute Gasteiger partial charge is 0.115 e. The third-order valence-corrected chi connectivity index (χ3v) is 3.71. The lowest BCUT2D eigenvalue weighted by molar-refractivity contribution is 0.171. The van der Waals surface area contributed by atoms with Crippen LogP contribution in [0.4, 0.5) is 0 Å². The first-order valence-corrected chi connectivity index (χ1v) is 6.27. The van der Waals surface area contributed by atoms with Crippen LogP contribution in [0.25, 0.3) is 0 Å². The number of rotatable bonds is 3. The van der Waals surface area contributed by atoms with Crippen molar-refractivity contribution in [2.45, 2.75) is 25.2 Å². The molecule has 1 aromatic rings. The number of aromatic hydroxyl groups is 1. The lowest BCUT2D eigenvalue weighted by Gasteiger charge is -2.40. The Morgan fingerprint density at radius 1 is 1.50 bits per heavy atom. The average Bonchev–Trinajstić information content (AvgIpc) is 2.30. The van der Waals surface area contributed by atoms with E-state index >= 15 is 0 Å². The SMILES string of the molecule is C=CCN1CCCC(C)(c2cccc(O)c2)C1.Cl. The predicted octanol–water partition coefficient (Wildman–Crippen LogP) is 3.35. The van der Waals surface area contributed by atoms with E-state index < -0.39 is 0 Å². The maximum absolute atomic E-state index is 9.60. The van der Waals surface area contributed by atoms with Crippen molar-refractivity contribution in [2.24, 2.45) is 0 Å². The molecule has 1 unspecified atom stereocenters. The summed E-state index contributed by atoms with van der Waals surface area (Å²) in [6.45, 7) is 9.25. The number of piperidine rings is 1. The molecule has 0 aliphatic carbocycles. The van der Waals surface area contributed by atoms with Gasteiger partial charge < -0.3 is 5.11 Å². The van der Waals surface area contributed by atoms with Crippen molar-refractivity contribution in [2.75, 3.05) is 19.6 Å². The molecule has 1 heterocycles. The van der Waals surface area contributed by atoms with Gasteiger partial charge in [-0.1, -0.05) is 25.1 Å². The molecule has 100 valence electrons. The zero-order valence-electron chi connectivity index (χ0n) is 10.9. The zero-order chi connectivity index (χ0) is 12.3. The van der Waals surface area contributed by atoms with Crippen LogP contribution < -0.4 is 0 Å². The number of benzene rings is 1. The Kier molecular flexibility index (Phi) is 5.24. The summed E-state index contributed by atoms with van der Waals surface area (Å²) >= 11 is 0. The van der Waals surface area contributed by atoms with Gasteiger partial charge in [-0.15, -0.1) is 19.0 Å². The maximum Gasteiger partial charge on any atom is 0.115 e. The van der Waals surface area contributed by atoms with Crippen molar-refractivity contribution in [1.82, 2.24) is 4.90 Å². The van der Waals surface area contributed by atoms with Crippen LogP contribution >= 0.6 is 12.4 Å². The highest BCUT2D eigenvalue weighted by Crippen LogP contribution is 2.34. The Labute approximate surface area is 116 Å². The summed E-state index contributed by atoms with van der Waals surface area (Å²) in [7, 11) is 0. The van der Waals surface area contributed by atoms with Crippen molar-refractivity contribution in [3.63, 3.8) is 0 Å². The molecule has 0 aromatic heterocycles. The second-order valence-electron chi connectivity index (χ2n) is 5.24. The molecule has 1 aliphatic heterocycles. The minimum absolute atomic E-state index is 0. The van der Waals surface area contributed by atoms with E-state index in [1.807, 2.05) is 18.2 Å². The normalized spacial score (nSPS) is 24.3. The van der Waals surface area contributed by atoms with Crippen LogP contribution in [0.3, 0.4) is 0 Å². The zero-order valence-corrected chi connectivity index (χ0v) is 11.7. The number of likely N-dealkylation sites (tertiary alicyclic amines) is 1. The minimum Gasteiger partial charge on any atom is -0.508 e.